The first-order valence-electron chi connectivity index (χ1n) is 6.28. The van der Waals surface area contributed by atoms with Crippen LogP contribution in [0.4, 0.5) is 0 Å². The maximum absolute atomic E-state index is 11.7. The van der Waals surface area contributed by atoms with Gasteiger partial charge in [0.05, 0.1) is 12.7 Å². The number of carbonyl (C=O) groups is 1. The molecule has 2 atom stereocenters. The molecule has 0 aromatic rings. The van der Waals surface area contributed by atoms with Crippen molar-refractivity contribution in [3.63, 3.8) is 0 Å². The molecule has 1 aliphatic heterocycles. The standard InChI is InChI=1S/C12H23NO3S/c1-3-15-12(14)11(6-8-17-2)13-9-10-5-4-7-16-10/h10-11,13H,3-9H2,1-2H3. The van der Waals surface area contributed by atoms with E-state index in [4.69, 9.17) is 9.47 Å². The summed E-state index contributed by atoms with van der Waals surface area (Å²) in [5.41, 5.74) is 0. The van der Waals surface area contributed by atoms with Crippen molar-refractivity contribution >= 4 is 17.7 Å². The Bertz CT molecular complexity index is 220. The Morgan fingerprint density at radius 1 is 1.65 bits per heavy atom. The van der Waals surface area contributed by atoms with E-state index < -0.39 is 0 Å². The Labute approximate surface area is 108 Å². The molecular formula is C12H23NO3S. The molecule has 1 rings (SSSR count). The number of hydrogen-bond acceptors (Lipinski definition) is 5. The van der Waals surface area contributed by atoms with Crippen LogP contribution >= 0.6 is 11.8 Å². The van der Waals surface area contributed by atoms with Crippen LogP contribution in [0.25, 0.3) is 0 Å². The van der Waals surface area contributed by atoms with Gasteiger partial charge in [-0.2, -0.15) is 11.8 Å². The highest BCUT2D eigenvalue weighted by atomic mass is 32.2. The lowest BCUT2D eigenvalue weighted by atomic mass is 10.2. The highest BCUT2D eigenvalue weighted by Gasteiger charge is 2.22. The molecule has 5 heteroatoms. The largest absolute Gasteiger partial charge is 0.465 e. The number of rotatable bonds is 8. The van der Waals surface area contributed by atoms with Gasteiger partial charge in [-0.3, -0.25) is 4.79 Å². The van der Waals surface area contributed by atoms with Gasteiger partial charge in [0.25, 0.3) is 0 Å². The van der Waals surface area contributed by atoms with Crippen molar-refractivity contribution in [3.05, 3.63) is 0 Å². The molecule has 1 fully saturated rings. The van der Waals surface area contributed by atoms with Gasteiger partial charge in [0.1, 0.15) is 6.04 Å². The summed E-state index contributed by atoms with van der Waals surface area (Å²) >= 11 is 1.74. The molecule has 0 bridgehead atoms. The fourth-order valence-corrected chi connectivity index (χ4v) is 2.33. The quantitative estimate of drug-likeness (QED) is 0.670. The molecule has 2 unspecified atom stereocenters. The van der Waals surface area contributed by atoms with Crippen molar-refractivity contribution < 1.29 is 14.3 Å². The van der Waals surface area contributed by atoms with E-state index in [0.29, 0.717) is 6.61 Å². The zero-order valence-electron chi connectivity index (χ0n) is 10.7. The van der Waals surface area contributed by atoms with Gasteiger partial charge in [0.2, 0.25) is 0 Å². The fourth-order valence-electron chi connectivity index (χ4n) is 1.86. The Kier molecular flexibility index (Phi) is 7.64. The van der Waals surface area contributed by atoms with Crippen molar-refractivity contribution in [2.24, 2.45) is 0 Å². The molecule has 0 aromatic heterocycles. The molecule has 0 saturated carbocycles. The van der Waals surface area contributed by atoms with E-state index in [2.05, 4.69) is 5.32 Å². The van der Waals surface area contributed by atoms with Crippen LogP contribution in [0.1, 0.15) is 26.2 Å². The average molecular weight is 261 g/mol. The second-order valence-electron chi connectivity index (χ2n) is 4.13. The monoisotopic (exact) mass is 261 g/mol. The number of ether oxygens (including phenoxy) is 2. The molecule has 1 N–H and O–H groups in total. The Hall–Kier alpha value is -0.260. The van der Waals surface area contributed by atoms with E-state index in [1.807, 2.05) is 13.2 Å². The molecule has 17 heavy (non-hydrogen) atoms. The predicted octanol–water partition coefficient (Wildman–Crippen LogP) is 1.44. The zero-order chi connectivity index (χ0) is 12.5. The van der Waals surface area contributed by atoms with Crippen LogP contribution in [-0.2, 0) is 14.3 Å². The second kappa shape index (κ2) is 8.78. The highest BCUT2D eigenvalue weighted by molar-refractivity contribution is 7.98. The first kappa shape index (κ1) is 14.8. The summed E-state index contributed by atoms with van der Waals surface area (Å²) in [4.78, 5) is 11.7. The summed E-state index contributed by atoms with van der Waals surface area (Å²) in [5.74, 6) is 0.821. The van der Waals surface area contributed by atoms with Crippen molar-refractivity contribution in [1.82, 2.24) is 5.32 Å². The minimum Gasteiger partial charge on any atom is -0.465 e. The Morgan fingerprint density at radius 2 is 2.47 bits per heavy atom. The summed E-state index contributed by atoms with van der Waals surface area (Å²) < 4.78 is 10.6. The van der Waals surface area contributed by atoms with Gasteiger partial charge in [0, 0.05) is 13.2 Å². The van der Waals surface area contributed by atoms with Gasteiger partial charge in [-0.25, -0.2) is 0 Å². The summed E-state index contributed by atoms with van der Waals surface area (Å²) in [6.07, 6.45) is 5.34. The first-order valence-corrected chi connectivity index (χ1v) is 7.67. The van der Waals surface area contributed by atoms with Gasteiger partial charge >= 0.3 is 5.97 Å². The third-order valence-electron chi connectivity index (χ3n) is 2.80. The summed E-state index contributed by atoms with van der Waals surface area (Å²) in [7, 11) is 0. The normalized spacial score (nSPS) is 21.4. The van der Waals surface area contributed by atoms with Crippen molar-refractivity contribution in [1.29, 1.82) is 0 Å². The molecule has 0 aromatic carbocycles. The Balaban J connectivity index is 2.30. The SMILES string of the molecule is CCOC(=O)C(CCSC)NCC1CCCO1. The smallest absolute Gasteiger partial charge is 0.323 e. The van der Waals surface area contributed by atoms with E-state index in [9.17, 15) is 4.79 Å². The summed E-state index contributed by atoms with van der Waals surface area (Å²) in [6.45, 7) is 3.87. The zero-order valence-corrected chi connectivity index (χ0v) is 11.6. The van der Waals surface area contributed by atoms with Crippen LogP contribution in [0.2, 0.25) is 0 Å². The first-order chi connectivity index (χ1) is 8.27. The van der Waals surface area contributed by atoms with Gasteiger partial charge in [-0.05, 0) is 38.2 Å². The molecular weight excluding hydrogens is 238 g/mol. The van der Waals surface area contributed by atoms with Crippen LogP contribution in [-0.4, -0.2) is 49.9 Å². The topological polar surface area (TPSA) is 47.6 Å². The van der Waals surface area contributed by atoms with E-state index >= 15 is 0 Å². The second-order valence-corrected chi connectivity index (χ2v) is 5.11. The molecule has 1 saturated heterocycles. The maximum Gasteiger partial charge on any atom is 0.323 e. The molecule has 4 nitrogen and oxygen atoms in total. The number of nitrogens with one attached hydrogen (secondary N) is 1. The van der Waals surface area contributed by atoms with Crippen molar-refractivity contribution in [2.45, 2.75) is 38.3 Å². The molecule has 0 amide bonds. The molecule has 100 valence electrons. The number of esters is 1. The Morgan fingerprint density at radius 3 is 3.06 bits per heavy atom. The van der Waals surface area contributed by atoms with E-state index in [1.54, 1.807) is 11.8 Å². The summed E-state index contributed by atoms with van der Waals surface area (Å²) in [5, 5.41) is 3.27. The molecule has 0 aliphatic carbocycles. The maximum atomic E-state index is 11.7. The molecule has 0 spiro atoms. The van der Waals surface area contributed by atoms with Crippen LogP contribution < -0.4 is 5.32 Å². The minimum atomic E-state index is -0.188. The van der Waals surface area contributed by atoms with E-state index in [-0.39, 0.29) is 18.1 Å². The lowest BCUT2D eigenvalue weighted by Gasteiger charge is -2.19. The van der Waals surface area contributed by atoms with Gasteiger partial charge in [-0.15, -0.1) is 0 Å². The van der Waals surface area contributed by atoms with Crippen molar-refractivity contribution in [3.8, 4) is 0 Å². The van der Waals surface area contributed by atoms with Gasteiger partial charge in [0.15, 0.2) is 0 Å². The number of hydrogen-bond donors (Lipinski definition) is 1. The average Bonchev–Trinajstić information content (AvgIpc) is 2.82. The van der Waals surface area contributed by atoms with E-state index in [0.717, 1.165) is 38.2 Å². The minimum absolute atomic E-state index is 0.139. The van der Waals surface area contributed by atoms with E-state index in [1.165, 1.54) is 0 Å². The lowest BCUT2D eigenvalue weighted by molar-refractivity contribution is -0.145. The summed E-state index contributed by atoms with van der Waals surface area (Å²) in [6, 6.07) is -0.188. The fraction of sp³-hybridized carbons (Fsp3) is 0.917. The highest BCUT2D eigenvalue weighted by Crippen LogP contribution is 2.11. The van der Waals surface area contributed by atoms with Crippen LogP contribution in [0, 0.1) is 0 Å². The number of thioether (sulfide) groups is 1. The van der Waals surface area contributed by atoms with Crippen molar-refractivity contribution in [2.75, 3.05) is 31.8 Å². The van der Waals surface area contributed by atoms with Crippen LogP contribution in [0.15, 0.2) is 0 Å². The predicted molar refractivity (Wildman–Crippen MR) is 70.4 cm³/mol. The number of carbonyl (C=O) groups excluding carboxylic acids is 1. The lowest BCUT2D eigenvalue weighted by Crippen LogP contribution is -2.42. The van der Waals surface area contributed by atoms with Gasteiger partial charge < -0.3 is 14.8 Å². The molecule has 1 aliphatic rings. The third kappa shape index (κ3) is 5.75. The molecule has 1 heterocycles. The van der Waals surface area contributed by atoms with Crippen LogP contribution in [0.3, 0.4) is 0 Å². The third-order valence-corrected chi connectivity index (χ3v) is 3.44. The van der Waals surface area contributed by atoms with Crippen LogP contribution in [0.5, 0.6) is 0 Å². The van der Waals surface area contributed by atoms with Gasteiger partial charge in [-0.1, -0.05) is 0 Å². The molecule has 0 radical (unpaired) electrons.